The first kappa shape index (κ1) is 16.4. The second kappa shape index (κ2) is 5.77. The standard InChI is InChI=1S/C15H20F3NO/c1-10(20-5)13(14(2,3)4)19-12-8-6-7-11(9-12)15(16,17)18/h6-9,13,19H,1H2,2-5H3/t13-/m1/s1. The molecule has 1 atom stereocenters. The summed E-state index contributed by atoms with van der Waals surface area (Å²) in [6.45, 7) is 9.68. The number of ether oxygens (including phenoxy) is 1. The molecule has 20 heavy (non-hydrogen) atoms. The molecule has 0 aliphatic rings. The molecule has 0 saturated carbocycles. The number of anilines is 1. The van der Waals surface area contributed by atoms with E-state index in [2.05, 4.69) is 11.9 Å². The van der Waals surface area contributed by atoms with Crippen molar-refractivity contribution in [3.8, 4) is 0 Å². The highest BCUT2D eigenvalue weighted by Gasteiger charge is 2.32. The molecule has 0 amide bonds. The van der Waals surface area contributed by atoms with E-state index in [9.17, 15) is 13.2 Å². The van der Waals surface area contributed by atoms with Crippen LogP contribution in [-0.4, -0.2) is 13.2 Å². The molecular formula is C15H20F3NO. The Labute approximate surface area is 117 Å². The van der Waals surface area contributed by atoms with Crippen molar-refractivity contribution in [1.29, 1.82) is 0 Å². The van der Waals surface area contributed by atoms with Gasteiger partial charge in [-0.15, -0.1) is 0 Å². The lowest BCUT2D eigenvalue weighted by molar-refractivity contribution is -0.137. The van der Waals surface area contributed by atoms with Crippen molar-refractivity contribution >= 4 is 5.69 Å². The summed E-state index contributed by atoms with van der Waals surface area (Å²) in [7, 11) is 1.49. The SMILES string of the molecule is C=C(OC)[C@@H](Nc1cccc(C(F)(F)F)c1)C(C)(C)C. The van der Waals surface area contributed by atoms with Crippen LogP contribution in [0.4, 0.5) is 18.9 Å². The Morgan fingerprint density at radius 2 is 1.85 bits per heavy atom. The van der Waals surface area contributed by atoms with Crippen LogP contribution >= 0.6 is 0 Å². The van der Waals surface area contributed by atoms with E-state index in [1.165, 1.54) is 13.2 Å². The van der Waals surface area contributed by atoms with E-state index in [1.54, 1.807) is 6.07 Å². The molecule has 0 aromatic heterocycles. The molecule has 2 nitrogen and oxygen atoms in total. The van der Waals surface area contributed by atoms with Crippen LogP contribution in [-0.2, 0) is 10.9 Å². The number of hydrogen-bond donors (Lipinski definition) is 1. The first-order chi connectivity index (χ1) is 9.05. The van der Waals surface area contributed by atoms with Gasteiger partial charge in [0.2, 0.25) is 0 Å². The molecule has 0 aliphatic heterocycles. The Bertz CT molecular complexity index is 475. The third-order valence-electron chi connectivity index (χ3n) is 2.95. The lowest BCUT2D eigenvalue weighted by Gasteiger charge is -2.33. The van der Waals surface area contributed by atoms with E-state index in [1.807, 2.05) is 20.8 Å². The molecule has 0 fully saturated rings. The highest BCUT2D eigenvalue weighted by atomic mass is 19.4. The normalized spacial score (nSPS) is 13.8. The van der Waals surface area contributed by atoms with E-state index in [0.29, 0.717) is 11.4 Å². The summed E-state index contributed by atoms with van der Waals surface area (Å²) in [5.74, 6) is 0.481. The predicted octanol–water partition coefficient (Wildman–Crippen LogP) is 4.69. The quantitative estimate of drug-likeness (QED) is 0.811. The third-order valence-corrected chi connectivity index (χ3v) is 2.95. The van der Waals surface area contributed by atoms with Gasteiger partial charge in [-0.1, -0.05) is 33.4 Å². The van der Waals surface area contributed by atoms with Crippen LogP contribution in [0.25, 0.3) is 0 Å². The minimum atomic E-state index is -4.35. The van der Waals surface area contributed by atoms with Crippen molar-refractivity contribution in [3.05, 3.63) is 42.2 Å². The number of halogens is 3. The van der Waals surface area contributed by atoms with Gasteiger partial charge < -0.3 is 10.1 Å². The Kier molecular flexibility index (Phi) is 4.73. The summed E-state index contributed by atoms with van der Waals surface area (Å²) in [5, 5.41) is 3.06. The summed E-state index contributed by atoms with van der Waals surface area (Å²) in [5.41, 5.74) is -0.544. The van der Waals surface area contributed by atoms with Gasteiger partial charge in [0.1, 0.15) is 5.76 Å². The second-order valence-corrected chi connectivity index (χ2v) is 5.69. The van der Waals surface area contributed by atoms with E-state index >= 15 is 0 Å². The predicted molar refractivity (Wildman–Crippen MR) is 74.5 cm³/mol. The smallest absolute Gasteiger partial charge is 0.416 e. The molecule has 1 rings (SSSR count). The fourth-order valence-electron chi connectivity index (χ4n) is 1.85. The van der Waals surface area contributed by atoms with E-state index in [4.69, 9.17) is 4.74 Å². The largest absolute Gasteiger partial charge is 0.500 e. The average Bonchev–Trinajstić information content (AvgIpc) is 2.33. The van der Waals surface area contributed by atoms with Gasteiger partial charge in [0, 0.05) is 5.69 Å². The fourth-order valence-corrected chi connectivity index (χ4v) is 1.85. The van der Waals surface area contributed by atoms with E-state index in [0.717, 1.165) is 12.1 Å². The molecule has 0 bridgehead atoms. The number of alkyl halides is 3. The van der Waals surface area contributed by atoms with Crippen molar-refractivity contribution in [2.24, 2.45) is 5.41 Å². The summed E-state index contributed by atoms with van der Waals surface area (Å²) < 4.78 is 43.2. The first-order valence-electron chi connectivity index (χ1n) is 6.22. The highest BCUT2D eigenvalue weighted by molar-refractivity contribution is 5.48. The van der Waals surface area contributed by atoms with Crippen LogP contribution in [0.5, 0.6) is 0 Å². The number of benzene rings is 1. The summed E-state index contributed by atoms with van der Waals surface area (Å²) in [6, 6.07) is 4.80. The molecule has 1 aromatic carbocycles. The first-order valence-corrected chi connectivity index (χ1v) is 6.22. The fraction of sp³-hybridized carbons (Fsp3) is 0.467. The van der Waals surface area contributed by atoms with Crippen LogP contribution in [0, 0.1) is 5.41 Å². The maximum Gasteiger partial charge on any atom is 0.416 e. The molecule has 0 saturated heterocycles. The number of methoxy groups -OCH3 is 1. The molecule has 1 N–H and O–H groups in total. The van der Waals surface area contributed by atoms with E-state index in [-0.39, 0.29) is 11.5 Å². The molecule has 0 spiro atoms. The van der Waals surface area contributed by atoms with Crippen molar-refractivity contribution < 1.29 is 17.9 Å². The maximum absolute atomic E-state index is 12.7. The van der Waals surface area contributed by atoms with Crippen molar-refractivity contribution in [1.82, 2.24) is 0 Å². The van der Waals surface area contributed by atoms with Crippen LogP contribution in [0.1, 0.15) is 26.3 Å². The zero-order chi connectivity index (χ0) is 15.6. The van der Waals surface area contributed by atoms with Crippen molar-refractivity contribution in [3.63, 3.8) is 0 Å². The van der Waals surface area contributed by atoms with Crippen LogP contribution in [0.3, 0.4) is 0 Å². The summed E-state index contributed by atoms with van der Waals surface area (Å²) in [4.78, 5) is 0. The second-order valence-electron chi connectivity index (χ2n) is 5.69. The van der Waals surface area contributed by atoms with Gasteiger partial charge in [-0.05, 0) is 23.6 Å². The van der Waals surface area contributed by atoms with Gasteiger partial charge in [-0.2, -0.15) is 13.2 Å². The average molecular weight is 287 g/mol. The molecule has 0 aliphatic carbocycles. The minimum absolute atomic E-state index is 0.249. The maximum atomic E-state index is 12.7. The van der Waals surface area contributed by atoms with Gasteiger partial charge in [0.25, 0.3) is 0 Å². The number of nitrogens with one attached hydrogen (secondary N) is 1. The van der Waals surface area contributed by atoms with E-state index < -0.39 is 11.7 Å². The number of hydrogen-bond acceptors (Lipinski definition) is 2. The molecule has 0 radical (unpaired) electrons. The van der Waals surface area contributed by atoms with Crippen molar-refractivity contribution in [2.75, 3.05) is 12.4 Å². The minimum Gasteiger partial charge on any atom is -0.500 e. The third kappa shape index (κ3) is 4.18. The topological polar surface area (TPSA) is 21.3 Å². The monoisotopic (exact) mass is 287 g/mol. The lowest BCUT2D eigenvalue weighted by Crippen LogP contribution is -2.36. The summed E-state index contributed by atoms with van der Waals surface area (Å²) in [6.07, 6.45) is -4.35. The van der Waals surface area contributed by atoms with Crippen LogP contribution in [0.2, 0.25) is 0 Å². The van der Waals surface area contributed by atoms with Gasteiger partial charge in [-0.25, -0.2) is 0 Å². The molecule has 112 valence electrons. The molecule has 1 aromatic rings. The molecule has 5 heteroatoms. The van der Waals surface area contributed by atoms with Crippen LogP contribution < -0.4 is 5.32 Å². The Balaban J connectivity index is 3.04. The Morgan fingerprint density at radius 3 is 2.30 bits per heavy atom. The Morgan fingerprint density at radius 1 is 1.25 bits per heavy atom. The molecule has 0 heterocycles. The number of rotatable bonds is 4. The highest BCUT2D eigenvalue weighted by Crippen LogP contribution is 2.33. The molecule has 0 unspecified atom stereocenters. The zero-order valence-corrected chi connectivity index (χ0v) is 12.1. The zero-order valence-electron chi connectivity index (χ0n) is 12.1. The van der Waals surface area contributed by atoms with Gasteiger partial charge in [-0.3, -0.25) is 0 Å². The van der Waals surface area contributed by atoms with Gasteiger partial charge in [0.05, 0.1) is 18.7 Å². The molecular weight excluding hydrogens is 267 g/mol. The van der Waals surface area contributed by atoms with Gasteiger partial charge >= 0.3 is 6.18 Å². The summed E-state index contributed by atoms with van der Waals surface area (Å²) >= 11 is 0. The van der Waals surface area contributed by atoms with Crippen molar-refractivity contribution in [2.45, 2.75) is 33.0 Å². The van der Waals surface area contributed by atoms with Crippen LogP contribution in [0.15, 0.2) is 36.6 Å². The van der Waals surface area contributed by atoms with Gasteiger partial charge in [0.15, 0.2) is 0 Å². The lowest BCUT2D eigenvalue weighted by atomic mass is 9.85. The Hall–Kier alpha value is -1.65.